The highest BCUT2D eigenvalue weighted by Gasteiger charge is 2.03. The van der Waals surface area contributed by atoms with Crippen LogP contribution in [0.2, 0.25) is 0 Å². The van der Waals surface area contributed by atoms with E-state index in [-0.39, 0.29) is 11.1 Å². The van der Waals surface area contributed by atoms with Crippen molar-refractivity contribution >= 4 is 11.8 Å². The normalized spacial score (nSPS) is 8.88. The molecule has 0 saturated heterocycles. The lowest BCUT2D eigenvalue weighted by molar-refractivity contribution is 0.0999. The van der Waals surface area contributed by atoms with Crippen molar-refractivity contribution < 1.29 is 9.59 Å². The van der Waals surface area contributed by atoms with Crippen molar-refractivity contribution in [3.8, 4) is 0 Å². The minimum atomic E-state index is -0.571. The predicted octanol–water partition coefficient (Wildman–Crippen LogP) is -1.21. The molecule has 2 amide bonds. The van der Waals surface area contributed by atoms with Crippen LogP contribution < -0.4 is 22.9 Å². The first-order valence-corrected chi connectivity index (χ1v) is 4.62. The van der Waals surface area contributed by atoms with Crippen LogP contribution in [-0.4, -0.2) is 24.9 Å². The topological polar surface area (TPSA) is 138 Å². The summed E-state index contributed by atoms with van der Waals surface area (Å²) >= 11 is 0. The van der Waals surface area contributed by atoms with Crippen molar-refractivity contribution in [2.75, 3.05) is 13.1 Å². The van der Waals surface area contributed by atoms with Gasteiger partial charge < -0.3 is 22.9 Å². The van der Waals surface area contributed by atoms with Gasteiger partial charge in [-0.05, 0) is 18.2 Å². The summed E-state index contributed by atoms with van der Waals surface area (Å²) in [5, 5.41) is 0. The standard InChI is InChI=1S/C8H8N2O2.C2H8N2/c9-7(11)5-2-1-3-6(4-5)8(10)12;3-1-2-4/h1-4H,(H2,9,11)(H2,10,12);1-4H2. The molecule has 0 radical (unpaired) electrons. The van der Waals surface area contributed by atoms with Crippen molar-refractivity contribution in [1.82, 2.24) is 0 Å². The number of primary amides is 2. The van der Waals surface area contributed by atoms with Crippen molar-refractivity contribution in [2.45, 2.75) is 0 Å². The van der Waals surface area contributed by atoms with E-state index in [4.69, 9.17) is 22.9 Å². The third kappa shape index (κ3) is 5.08. The van der Waals surface area contributed by atoms with Crippen LogP contribution in [-0.2, 0) is 0 Å². The smallest absolute Gasteiger partial charge is 0.248 e. The van der Waals surface area contributed by atoms with Crippen LogP contribution in [0.4, 0.5) is 0 Å². The molecule has 0 heterocycles. The Labute approximate surface area is 93.6 Å². The van der Waals surface area contributed by atoms with Gasteiger partial charge in [-0.25, -0.2) is 0 Å². The highest BCUT2D eigenvalue weighted by Crippen LogP contribution is 2.03. The van der Waals surface area contributed by atoms with E-state index in [1.165, 1.54) is 18.2 Å². The zero-order chi connectivity index (χ0) is 12.6. The van der Waals surface area contributed by atoms with Crippen LogP contribution in [0.5, 0.6) is 0 Å². The molecule has 1 rings (SSSR count). The third-order valence-electron chi connectivity index (χ3n) is 1.60. The van der Waals surface area contributed by atoms with Gasteiger partial charge in [0, 0.05) is 24.2 Å². The Kier molecular flexibility index (Phi) is 6.50. The van der Waals surface area contributed by atoms with Gasteiger partial charge >= 0.3 is 0 Å². The SMILES string of the molecule is NC(=O)c1cccc(C(N)=O)c1.NCCN. The van der Waals surface area contributed by atoms with Crippen LogP contribution in [0.1, 0.15) is 20.7 Å². The lowest BCUT2D eigenvalue weighted by Gasteiger charge is -1.97. The highest BCUT2D eigenvalue weighted by molar-refractivity contribution is 5.98. The van der Waals surface area contributed by atoms with Crippen LogP contribution in [0.3, 0.4) is 0 Å². The molecule has 0 atom stereocenters. The second kappa shape index (κ2) is 7.38. The largest absolute Gasteiger partial charge is 0.366 e. The van der Waals surface area contributed by atoms with Gasteiger partial charge in [-0.2, -0.15) is 0 Å². The summed E-state index contributed by atoms with van der Waals surface area (Å²) in [5.74, 6) is -1.14. The van der Waals surface area contributed by atoms with Gasteiger partial charge in [0.05, 0.1) is 0 Å². The molecule has 0 aliphatic heterocycles. The maximum atomic E-state index is 10.6. The number of carbonyl (C=O) groups is 2. The molecule has 0 aliphatic carbocycles. The lowest BCUT2D eigenvalue weighted by Crippen LogP contribution is -2.14. The molecule has 6 nitrogen and oxygen atoms in total. The third-order valence-corrected chi connectivity index (χ3v) is 1.60. The Morgan fingerprint density at radius 3 is 1.56 bits per heavy atom. The van der Waals surface area contributed by atoms with Crippen LogP contribution in [0, 0.1) is 0 Å². The van der Waals surface area contributed by atoms with Gasteiger partial charge in [-0.3, -0.25) is 9.59 Å². The number of carbonyl (C=O) groups excluding carboxylic acids is 2. The van der Waals surface area contributed by atoms with E-state index in [1.54, 1.807) is 6.07 Å². The molecule has 8 N–H and O–H groups in total. The summed E-state index contributed by atoms with van der Waals surface area (Å²) in [4.78, 5) is 21.3. The van der Waals surface area contributed by atoms with E-state index >= 15 is 0 Å². The van der Waals surface area contributed by atoms with E-state index in [0.717, 1.165) is 0 Å². The fourth-order valence-electron chi connectivity index (χ4n) is 0.826. The zero-order valence-electron chi connectivity index (χ0n) is 8.85. The second-order valence-electron chi connectivity index (χ2n) is 2.89. The van der Waals surface area contributed by atoms with Crippen LogP contribution in [0.25, 0.3) is 0 Å². The quantitative estimate of drug-likeness (QED) is 0.511. The highest BCUT2D eigenvalue weighted by atomic mass is 16.1. The molecule has 0 aliphatic rings. The molecule has 0 spiro atoms. The van der Waals surface area contributed by atoms with Gasteiger partial charge in [-0.1, -0.05) is 6.07 Å². The van der Waals surface area contributed by atoms with E-state index in [9.17, 15) is 9.59 Å². The molecule has 0 bridgehead atoms. The van der Waals surface area contributed by atoms with Crippen LogP contribution >= 0.6 is 0 Å². The minimum absolute atomic E-state index is 0.284. The van der Waals surface area contributed by atoms with Gasteiger partial charge in [-0.15, -0.1) is 0 Å². The molecule has 88 valence electrons. The maximum Gasteiger partial charge on any atom is 0.248 e. The van der Waals surface area contributed by atoms with Crippen molar-refractivity contribution in [1.29, 1.82) is 0 Å². The summed E-state index contributed by atoms with van der Waals surface area (Å²) in [6.07, 6.45) is 0. The van der Waals surface area contributed by atoms with Crippen molar-refractivity contribution in [3.05, 3.63) is 35.4 Å². The molecule has 1 aromatic rings. The number of rotatable bonds is 3. The Balaban J connectivity index is 0.000000487. The summed E-state index contributed by atoms with van der Waals surface area (Å²) < 4.78 is 0. The number of hydrogen-bond acceptors (Lipinski definition) is 4. The minimum Gasteiger partial charge on any atom is -0.366 e. The maximum absolute atomic E-state index is 10.6. The van der Waals surface area contributed by atoms with E-state index < -0.39 is 11.8 Å². The molecule has 16 heavy (non-hydrogen) atoms. The summed E-state index contributed by atoms with van der Waals surface area (Å²) in [5.41, 5.74) is 20.4. The van der Waals surface area contributed by atoms with Gasteiger partial charge in [0.25, 0.3) is 0 Å². The van der Waals surface area contributed by atoms with E-state index in [0.29, 0.717) is 13.1 Å². The molecular weight excluding hydrogens is 208 g/mol. The number of benzene rings is 1. The average Bonchev–Trinajstić information content (AvgIpc) is 2.29. The van der Waals surface area contributed by atoms with Crippen LogP contribution in [0.15, 0.2) is 24.3 Å². The molecule has 0 aromatic heterocycles. The Hall–Kier alpha value is -1.92. The predicted molar refractivity (Wildman–Crippen MR) is 61.6 cm³/mol. The first-order chi connectivity index (χ1) is 7.52. The summed E-state index contributed by atoms with van der Waals surface area (Å²) in [6.45, 7) is 1.19. The number of hydrogen-bond donors (Lipinski definition) is 4. The molecule has 0 saturated carbocycles. The Bertz CT molecular complexity index is 334. The number of nitrogens with two attached hydrogens (primary N) is 4. The average molecular weight is 224 g/mol. The number of amides is 2. The molecule has 0 unspecified atom stereocenters. The summed E-state index contributed by atoms with van der Waals surface area (Å²) in [7, 11) is 0. The fourth-order valence-corrected chi connectivity index (χ4v) is 0.826. The second-order valence-corrected chi connectivity index (χ2v) is 2.89. The molecule has 0 fully saturated rings. The van der Waals surface area contributed by atoms with Gasteiger partial charge in [0.1, 0.15) is 0 Å². The Morgan fingerprint density at radius 1 is 0.938 bits per heavy atom. The molecular formula is C10H16N4O2. The first kappa shape index (κ1) is 14.1. The van der Waals surface area contributed by atoms with Gasteiger partial charge in [0.2, 0.25) is 11.8 Å². The lowest BCUT2D eigenvalue weighted by atomic mass is 10.1. The molecule has 6 heteroatoms. The van der Waals surface area contributed by atoms with Gasteiger partial charge in [0.15, 0.2) is 0 Å². The van der Waals surface area contributed by atoms with E-state index in [1.807, 2.05) is 0 Å². The summed E-state index contributed by atoms with van der Waals surface area (Å²) in [6, 6.07) is 5.97. The fraction of sp³-hybridized carbons (Fsp3) is 0.200. The van der Waals surface area contributed by atoms with Crippen molar-refractivity contribution in [2.24, 2.45) is 22.9 Å². The monoisotopic (exact) mass is 224 g/mol. The van der Waals surface area contributed by atoms with E-state index in [2.05, 4.69) is 0 Å². The first-order valence-electron chi connectivity index (χ1n) is 4.62. The Morgan fingerprint density at radius 2 is 1.31 bits per heavy atom. The molecule has 1 aromatic carbocycles. The van der Waals surface area contributed by atoms with Crippen molar-refractivity contribution in [3.63, 3.8) is 0 Å². The zero-order valence-corrected chi connectivity index (χ0v) is 8.85.